The van der Waals surface area contributed by atoms with E-state index in [1.165, 1.54) is 99.3 Å². The van der Waals surface area contributed by atoms with E-state index in [2.05, 4.69) is 146 Å². The summed E-state index contributed by atoms with van der Waals surface area (Å²) in [6.07, 6.45) is 22.4. The summed E-state index contributed by atoms with van der Waals surface area (Å²) in [5.74, 6) is 0.375. The lowest BCUT2D eigenvalue weighted by molar-refractivity contribution is -0.131. The van der Waals surface area contributed by atoms with Gasteiger partial charge in [-0.1, -0.05) is 27.7 Å². The van der Waals surface area contributed by atoms with Crippen molar-refractivity contribution in [3.63, 3.8) is 0 Å². The van der Waals surface area contributed by atoms with Crippen LogP contribution in [0.2, 0.25) is 0 Å². The summed E-state index contributed by atoms with van der Waals surface area (Å²) < 4.78 is 0. The highest BCUT2D eigenvalue weighted by Crippen LogP contribution is 2.38. The second kappa shape index (κ2) is 45.5. The van der Waals surface area contributed by atoms with Gasteiger partial charge in [-0.25, -0.2) is 9.97 Å². The Labute approximate surface area is 546 Å². The van der Waals surface area contributed by atoms with Gasteiger partial charge in [0.1, 0.15) is 0 Å². The van der Waals surface area contributed by atoms with Crippen LogP contribution in [0.15, 0.2) is 24.3 Å². The number of allylic oxidation sites excluding steroid dienone is 4. The SMILES string of the molecule is CCNCCCCNCCCCNCCCCNCCCCN(CC)C(=O)CCC1=C(C)c2cc3[nH]c(cc4[nH]c(cc5nc(cc1n2)C(C)=C5CCC(=O)N(CC)CCCCNCCCCNCCCCNCCCCNCC)c(CC)c4C)c(CC)c3C. The molecule has 0 aromatic carbocycles. The van der Waals surface area contributed by atoms with Crippen molar-refractivity contribution in [2.24, 2.45) is 0 Å². The van der Waals surface area contributed by atoms with Gasteiger partial charge in [0.15, 0.2) is 0 Å². The normalized spacial score (nSPS) is 12.6. The minimum atomic E-state index is 0.186. The zero-order chi connectivity index (χ0) is 64.6. The van der Waals surface area contributed by atoms with Crippen LogP contribution in [0.3, 0.4) is 0 Å². The smallest absolute Gasteiger partial charge is 0.222 e. The van der Waals surface area contributed by atoms with Crippen molar-refractivity contribution < 1.29 is 9.59 Å². The van der Waals surface area contributed by atoms with Gasteiger partial charge < -0.3 is 62.3 Å². The number of hydrogen-bond acceptors (Lipinski definition) is 12. The lowest BCUT2D eigenvalue weighted by Crippen LogP contribution is -2.32. The number of fused-ring (bicyclic) bond motifs is 8. The van der Waals surface area contributed by atoms with Crippen LogP contribution in [-0.2, 0) is 22.4 Å². The molecule has 0 aliphatic carbocycles. The Morgan fingerprint density at radius 2 is 0.656 bits per heavy atom. The average Bonchev–Trinajstić information content (AvgIpc) is 2.02. The Morgan fingerprint density at radius 1 is 0.367 bits per heavy atom. The number of carbonyl (C=O) groups excluding carboxylic acids is 2. The molecule has 0 fully saturated rings. The van der Waals surface area contributed by atoms with Crippen molar-refractivity contribution in [1.29, 1.82) is 0 Å². The Morgan fingerprint density at radius 3 is 0.989 bits per heavy atom. The summed E-state index contributed by atoms with van der Waals surface area (Å²) in [6, 6.07) is 8.85. The molecule has 0 unspecified atom stereocenters. The lowest BCUT2D eigenvalue weighted by atomic mass is 9.98. The first kappa shape index (κ1) is 75.9. The Hall–Kier alpha value is -4.78. The van der Waals surface area contributed by atoms with E-state index < -0.39 is 0 Å². The van der Waals surface area contributed by atoms with Crippen LogP contribution >= 0.6 is 0 Å². The van der Waals surface area contributed by atoms with Crippen molar-refractivity contribution in [1.82, 2.24) is 72.3 Å². The third-order valence-electron chi connectivity index (χ3n) is 18.5. The van der Waals surface area contributed by atoms with Gasteiger partial charge in [-0.3, -0.25) is 9.59 Å². The molecule has 10 N–H and O–H groups in total. The van der Waals surface area contributed by atoms with Crippen molar-refractivity contribution in [3.8, 4) is 0 Å². The summed E-state index contributed by atoms with van der Waals surface area (Å²) in [6.45, 7) is 41.9. The molecule has 0 saturated heterocycles. The maximum Gasteiger partial charge on any atom is 0.222 e. The topological polar surface area (TPSA) is 194 Å². The fourth-order valence-electron chi connectivity index (χ4n) is 12.7. The van der Waals surface area contributed by atoms with Crippen LogP contribution in [0.4, 0.5) is 0 Å². The first-order valence-electron chi connectivity index (χ1n) is 36.3. The molecule has 506 valence electrons. The van der Waals surface area contributed by atoms with Crippen molar-refractivity contribution in [2.75, 3.05) is 131 Å². The van der Waals surface area contributed by atoms with Crippen LogP contribution in [0.25, 0.3) is 44.4 Å². The predicted octanol–water partition coefficient (Wildman–Crippen LogP) is 12.2. The molecule has 90 heavy (non-hydrogen) atoms. The zero-order valence-corrected chi connectivity index (χ0v) is 58.6. The van der Waals surface area contributed by atoms with Crippen LogP contribution < -0.4 is 42.5 Å². The van der Waals surface area contributed by atoms with Gasteiger partial charge in [0.05, 0.1) is 22.8 Å². The number of H-pyrrole nitrogens is 2. The minimum Gasteiger partial charge on any atom is -0.355 e. The number of aromatic amines is 2. The van der Waals surface area contributed by atoms with Gasteiger partial charge in [-0.15, -0.1) is 0 Å². The summed E-state index contributed by atoms with van der Waals surface area (Å²) >= 11 is 0. The third kappa shape index (κ3) is 26.7. The highest BCUT2D eigenvalue weighted by atomic mass is 16.2. The quantitative estimate of drug-likeness (QED) is 0.0241. The fourth-order valence-corrected chi connectivity index (χ4v) is 12.7. The Bertz CT molecular complexity index is 2760. The second-order valence-electron chi connectivity index (χ2n) is 25.2. The number of amides is 2. The molecule has 3 aromatic heterocycles. The fraction of sp³-hybridized carbons (Fsp3) is 0.703. The molecule has 2 aliphatic rings. The first-order valence-corrected chi connectivity index (χ1v) is 36.3. The van der Waals surface area contributed by atoms with Crippen LogP contribution in [-0.4, -0.2) is 172 Å². The third-order valence-corrected chi connectivity index (χ3v) is 18.5. The number of carbonyl (C=O) groups is 2. The molecule has 16 heteroatoms. The van der Waals surface area contributed by atoms with E-state index in [0.29, 0.717) is 38.8 Å². The molecular formula is C74H128N14O2. The van der Waals surface area contributed by atoms with E-state index >= 15 is 0 Å². The van der Waals surface area contributed by atoms with E-state index in [4.69, 9.17) is 9.97 Å². The van der Waals surface area contributed by atoms with E-state index in [1.807, 2.05) is 9.80 Å². The standard InChI is InChI=1S/C74H128N14O2/c1-11-61-57(7)65-53-66-59(9)63(33-35-73(89)87(15-5)51-31-29-49-81-47-27-25-45-79-43-23-21-41-77-39-19-17-37-75-13-3)71(85-66)55-68-60(10)64(72(86-68)56-70-62(12-2)58(8)67(84-70)54-69(61)83-65)34-36-74(90)88(16-6)52-32-30-50-82-48-28-26-46-80-44-24-22-42-78-40-20-18-38-76-14-4/h53-56,75-84H,11-52H2,1-10H3. The maximum absolute atomic E-state index is 14.1. The van der Waals surface area contributed by atoms with Crippen molar-refractivity contribution in [2.45, 2.75) is 210 Å². The minimum absolute atomic E-state index is 0.186. The lowest BCUT2D eigenvalue weighted by Gasteiger charge is -2.21. The Kier molecular flexibility index (Phi) is 38.4. The average molecular weight is 1250 g/mol. The Balaban J connectivity index is 1.16. The van der Waals surface area contributed by atoms with Gasteiger partial charge in [-0.05, 0) is 343 Å². The van der Waals surface area contributed by atoms with Gasteiger partial charge in [0.2, 0.25) is 11.8 Å². The number of hydrogen-bond donors (Lipinski definition) is 10. The highest BCUT2D eigenvalue weighted by Gasteiger charge is 2.24. The molecule has 5 rings (SSSR count). The number of nitrogens with one attached hydrogen (secondary N) is 10. The first-order chi connectivity index (χ1) is 44.0. The molecule has 0 atom stereocenters. The van der Waals surface area contributed by atoms with Crippen LogP contribution in [0.1, 0.15) is 229 Å². The van der Waals surface area contributed by atoms with Gasteiger partial charge >= 0.3 is 0 Å². The van der Waals surface area contributed by atoms with Crippen molar-refractivity contribution >= 4 is 56.2 Å². The number of rotatable bonds is 52. The van der Waals surface area contributed by atoms with Gasteiger partial charge in [0, 0.05) is 61.1 Å². The monoisotopic (exact) mass is 1250 g/mol. The van der Waals surface area contributed by atoms with E-state index in [1.54, 1.807) is 0 Å². The van der Waals surface area contributed by atoms with Gasteiger partial charge in [-0.2, -0.15) is 0 Å². The molecule has 3 aromatic rings. The molecule has 0 spiro atoms. The molecule has 5 heterocycles. The van der Waals surface area contributed by atoms with Gasteiger partial charge in [0.25, 0.3) is 0 Å². The number of nitrogens with zero attached hydrogens (tertiary/aromatic N) is 4. The molecule has 16 nitrogen and oxygen atoms in total. The zero-order valence-electron chi connectivity index (χ0n) is 58.6. The van der Waals surface area contributed by atoms with E-state index in [0.717, 1.165) is 223 Å². The molecule has 8 bridgehead atoms. The molecule has 0 saturated carbocycles. The second-order valence-corrected chi connectivity index (χ2v) is 25.2. The van der Waals surface area contributed by atoms with Crippen LogP contribution in [0, 0.1) is 13.8 Å². The molecule has 2 aliphatic heterocycles. The van der Waals surface area contributed by atoms with E-state index in [-0.39, 0.29) is 11.8 Å². The molecular weight excluding hydrogens is 1120 g/mol. The summed E-state index contributed by atoms with van der Waals surface area (Å²) in [4.78, 5) is 50.8. The highest BCUT2D eigenvalue weighted by molar-refractivity contribution is 5.97. The summed E-state index contributed by atoms with van der Waals surface area (Å²) in [5.41, 5.74) is 17.2. The molecule has 2 amide bonds. The molecule has 0 radical (unpaired) electrons. The largest absolute Gasteiger partial charge is 0.355 e. The predicted molar refractivity (Wildman–Crippen MR) is 385 cm³/mol. The van der Waals surface area contributed by atoms with E-state index in [9.17, 15) is 9.59 Å². The maximum atomic E-state index is 14.1. The summed E-state index contributed by atoms with van der Waals surface area (Å²) in [7, 11) is 0. The summed E-state index contributed by atoms with van der Waals surface area (Å²) in [5, 5.41) is 28.5. The van der Waals surface area contributed by atoms with Crippen molar-refractivity contribution in [3.05, 3.63) is 69.3 Å². The number of unbranched alkanes of at least 4 members (excludes halogenated alkanes) is 8. The van der Waals surface area contributed by atoms with Crippen LogP contribution in [0.5, 0.6) is 0 Å². The number of aryl methyl sites for hydroxylation is 4. The number of aromatic nitrogens is 4.